The number of fused-ring (bicyclic) bond motifs is 6. The van der Waals surface area contributed by atoms with Crippen LogP contribution < -0.4 is 27.0 Å². The number of nitrogens with zero attached hydrogens (tertiary/aromatic N) is 24. The zero-order valence-electron chi connectivity index (χ0n) is 78.3. The van der Waals surface area contributed by atoms with Gasteiger partial charge in [0.15, 0.2) is 104 Å². The van der Waals surface area contributed by atoms with Crippen molar-refractivity contribution in [1.82, 2.24) is 117 Å². The van der Waals surface area contributed by atoms with Crippen molar-refractivity contribution in [3.05, 3.63) is 78.0 Å². The van der Waals surface area contributed by atoms with E-state index < -0.39 is 6.09 Å². The van der Waals surface area contributed by atoms with Crippen LogP contribution in [-0.2, 0) is 44.0 Å². The predicted molar refractivity (Wildman–Crippen MR) is 504 cm³/mol. The number of carbonyl (C=O) groups is 7. The summed E-state index contributed by atoms with van der Waals surface area (Å²) >= 11 is 0. The molecule has 0 bridgehead atoms. The third kappa shape index (κ3) is 25.3. The van der Waals surface area contributed by atoms with Crippen molar-refractivity contribution in [3.63, 3.8) is 0 Å². The van der Waals surface area contributed by atoms with Gasteiger partial charge >= 0.3 is 6.09 Å². The van der Waals surface area contributed by atoms with Crippen LogP contribution in [0.15, 0.2) is 37.2 Å². The fourth-order valence-electron chi connectivity index (χ4n) is 18.8. The lowest BCUT2D eigenvalue weighted by Gasteiger charge is -2.23. The second-order valence-corrected chi connectivity index (χ2v) is 35.7. The number of imidazole rings is 6. The molecule has 6 N–H and O–H groups in total. The van der Waals surface area contributed by atoms with Crippen molar-refractivity contribution in [2.45, 2.75) is 308 Å². The summed E-state index contributed by atoms with van der Waals surface area (Å²) in [5.41, 5.74) is 14.6. The second kappa shape index (κ2) is 46.5. The average molecular weight is 1800 g/mol. The summed E-state index contributed by atoms with van der Waals surface area (Å²) in [6.45, 7) is 26.7. The monoisotopic (exact) mass is 1790 g/mol. The number of ether oxygens (including phenoxy) is 1. The Labute approximate surface area is 763 Å². The van der Waals surface area contributed by atoms with Crippen LogP contribution >= 0.6 is 0 Å². The van der Waals surface area contributed by atoms with Gasteiger partial charge in [0.05, 0.1) is 43.8 Å². The summed E-state index contributed by atoms with van der Waals surface area (Å²) in [7, 11) is 0. The van der Waals surface area contributed by atoms with E-state index in [1.165, 1.54) is 228 Å². The lowest BCUT2D eigenvalue weighted by atomic mass is 9.89. The molecular weight excluding hydrogens is 1660 g/mol. The zero-order valence-corrected chi connectivity index (χ0v) is 78.3. The number of Topliss-reactive ketones (excluding diaryl/α,β-unsaturated/α-hetero) is 6. The molecule has 37 nitrogen and oxygen atoms in total. The molecule has 6 fully saturated rings. The number of nitrogens with one attached hydrogen (secondary N) is 4. The van der Waals surface area contributed by atoms with E-state index in [0.29, 0.717) is 76.3 Å². The Hall–Kier alpha value is -12.2. The molecule has 12 heterocycles. The number of carbonyl (C=O) groups excluding carboxylic acids is 7. The molecular formula is C94H131N29O8. The van der Waals surface area contributed by atoms with E-state index in [2.05, 4.69) is 150 Å². The van der Waals surface area contributed by atoms with E-state index in [9.17, 15) is 33.6 Å². The van der Waals surface area contributed by atoms with Crippen LogP contribution in [0.2, 0.25) is 0 Å². The van der Waals surface area contributed by atoms with Gasteiger partial charge in [-0.1, -0.05) is 116 Å². The van der Waals surface area contributed by atoms with Gasteiger partial charge < -0.3 is 31.0 Å². The van der Waals surface area contributed by atoms with Crippen molar-refractivity contribution in [3.8, 4) is 0 Å². The molecule has 0 radical (unpaired) electrons. The molecule has 37 heteroatoms. The molecule has 0 atom stereocenters. The number of nitrogens with two attached hydrogens (primary N) is 1. The molecule has 0 spiro atoms. The standard InChI is InChI=1S/C17H23N5O3.3C16H23N5O.C15H20N4O.C14H19N5O/c1-3-25-17(24)21-16-19-13-9-18-14(11(2)23)20-15(13)22(16)10-12-7-5-4-6-8-12;3*1-3-17-16-19-13-9-18-14(11(2)22)20-15(13)21(16)10-12-7-5-4-6-8-12;1-10(20)14-16-8-13-15(18-14)19(11(2)17-13)9-12-6-4-3-5-7-12;1-9(20)12-16-7-11-13(18-12)19(14(15)17-11)8-10-5-3-2-4-6-10/h9,12H,3-8,10H2,1-2H3,(H,19,21,24);3*9,12H,3-8,10H2,1-2H3,(H,17,19);8,12H,3-7,9H2,1-2H3;7,10H,2-6,8H2,1H3,(H2,15,17). The van der Waals surface area contributed by atoms with Crippen LogP contribution in [0.4, 0.5) is 34.5 Å². The molecule has 6 aliphatic rings. The van der Waals surface area contributed by atoms with E-state index in [4.69, 9.17) is 10.5 Å². The smallest absolute Gasteiger partial charge is 0.413 e. The summed E-state index contributed by atoms with van der Waals surface area (Å²) in [6, 6.07) is 0. The van der Waals surface area contributed by atoms with Crippen LogP contribution in [0.3, 0.4) is 0 Å². The number of amides is 1. The molecule has 0 saturated heterocycles. The fraction of sp³-hybridized carbons (Fsp3) is 0.606. The van der Waals surface area contributed by atoms with Gasteiger partial charge in [-0.25, -0.2) is 94.5 Å². The van der Waals surface area contributed by atoms with Crippen molar-refractivity contribution in [1.29, 1.82) is 0 Å². The third-order valence-electron chi connectivity index (χ3n) is 25.5. The Morgan fingerprint density at radius 1 is 0.298 bits per heavy atom. The van der Waals surface area contributed by atoms with Crippen molar-refractivity contribution < 1.29 is 38.3 Å². The Balaban J connectivity index is 0.000000134. The lowest BCUT2D eigenvalue weighted by Crippen LogP contribution is -2.20. The predicted octanol–water partition coefficient (Wildman–Crippen LogP) is 17.4. The molecule has 6 saturated carbocycles. The normalized spacial score (nSPS) is 16.1. The lowest BCUT2D eigenvalue weighted by molar-refractivity contribution is 0.0995. The van der Waals surface area contributed by atoms with Gasteiger partial charge in [-0.3, -0.25) is 56.9 Å². The van der Waals surface area contributed by atoms with Crippen LogP contribution in [0.25, 0.3) is 67.0 Å². The first-order valence-electron chi connectivity index (χ1n) is 47.8. The van der Waals surface area contributed by atoms with Gasteiger partial charge in [-0.05, 0) is 147 Å². The molecule has 0 aromatic carbocycles. The highest BCUT2D eigenvalue weighted by molar-refractivity contribution is 5.95. The summed E-state index contributed by atoms with van der Waals surface area (Å²) in [5.74, 6) is 8.79. The van der Waals surface area contributed by atoms with E-state index in [-0.39, 0.29) is 76.3 Å². The summed E-state index contributed by atoms with van der Waals surface area (Å²) in [4.78, 5) is 159. The average Bonchev–Trinajstić information content (AvgIpc) is 1.65. The highest BCUT2D eigenvalue weighted by atomic mass is 16.5. The van der Waals surface area contributed by atoms with Crippen LogP contribution in [0.5, 0.6) is 0 Å². The Kier molecular flexibility index (Phi) is 34.2. The minimum Gasteiger partial charge on any atom is -0.450 e. The fourth-order valence-corrected chi connectivity index (χ4v) is 18.8. The van der Waals surface area contributed by atoms with E-state index in [1.807, 2.05) is 16.1 Å². The number of aryl methyl sites for hydroxylation is 1. The molecule has 12 aromatic heterocycles. The van der Waals surface area contributed by atoms with E-state index in [0.717, 1.165) is 134 Å². The third-order valence-corrected chi connectivity index (χ3v) is 25.5. The van der Waals surface area contributed by atoms with E-state index in [1.54, 1.807) is 37.9 Å². The maximum Gasteiger partial charge on any atom is 0.413 e. The molecule has 700 valence electrons. The number of hydrogen-bond acceptors (Lipinski definition) is 30. The molecule has 1 amide bonds. The number of hydrogen-bond donors (Lipinski definition) is 5. The van der Waals surface area contributed by atoms with Gasteiger partial charge in [-0.15, -0.1) is 0 Å². The summed E-state index contributed by atoms with van der Waals surface area (Å²) in [5, 5.41) is 12.6. The van der Waals surface area contributed by atoms with Crippen LogP contribution in [0, 0.1) is 42.4 Å². The minimum absolute atomic E-state index is 0.102. The molecule has 12 aromatic rings. The van der Waals surface area contributed by atoms with Crippen LogP contribution in [0.1, 0.15) is 331 Å². The first-order chi connectivity index (χ1) is 63.4. The number of aromatic nitrogens is 24. The molecule has 0 aliphatic heterocycles. The van der Waals surface area contributed by atoms with Gasteiger partial charge in [-0.2, -0.15) is 0 Å². The number of nitrogen functional groups attached to an aromatic ring is 1. The number of anilines is 5. The maximum absolute atomic E-state index is 11.8. The summed E-state index contributed by atoms with van der Waals surface area (Å²) in [6.07, 6.45) is 47.5. The number of rotatable bonds is 26. The zero-order chi connectivity index (χ0) is 92.6. The first-order valence-corrected chi connectivity index (χ1v) is 47.8. The molecule has 6 aliphatic carbocycles. The highest BCUT2D eigenvalue weighted by Crippen LogP contribution is 2.35. The molecule has 18 rings (SSSR count). The Bertz CT molecular complexity index is 5530. The Morgan fingerprint density at radius 2 is 0.511 bits per heavy atom. The molecule has 131 heavy (non-hydrogen) atoms. The van der Waals surface area contributed by atoms with Crippen molar-refractivity contribution in [2.75, 3.05) is 53.2 Å². The second-order valence-electron chi connectivity index (χ2n) is 35.7. The SMILES string of the molecule is CC(=O)c1ncc2nc(C)n(CC3CCCCC3)c2n1.CC(=O)c1ncc2nc(N)n(CC3CCCCC3)c2n1.CCNc1nc2cnc(C(C)=O)nc2n1CC1CCCCC1.CCNc1nc2cnc(C(C)=O)nc2n1CC1CCCCC1.CCNc1nc2cnc(C(C)=O)nc2n1CC1CCCCC1.CCOC(=O)Nc1nc2cnc(C(C)=O)nc2n1CC1CCCCC1. The largest absolute Gasteiger partial charge is 0.450 e. The van der Waals surface area contributed by atoms with Gasteiger partial charge in [0, 0.05) is 100 Å². The Morgan fingerprint density at radius 3 is 0.763 bits per heavy atom. The first kappa shape index (κ1) is 96.3. The van der Waals surface area contributed by atoms with Crippen LogP contribution in [-0.4, -0.2) is 184 Å². The van der Waals surface area contributed by atoms with E-state index >= 15 is 0 Å². The van der Waals surface area contributed by atoms with Crippen molar-refractivity contribution in [2.24, 2.45) is 35.5 Å². The number of ketones is 6. The topological polar surface area (TPSA) is 464 Å². The van der Waals surface area contributed by atoms with Gasteiger partial charge in [0.25, 0.3) is 0 Å². The maximum atomic E-state index is 11.8. The van der Waals surface area contributed by atoms with Gasteiger partial charge in [0.1, 0.15) is 38.9 Å². The quantitative estimate of drug-likeness (QED) is 0.0314. The van der Waals surface area contributed by atoms with Crippen molar-refractivity contribution >= 4 is 138 Å². The van der Waals surface area contributed by atoms with Gasteiger partial charge in [0.2, 0.25) is 29.7 Å². The highest BCUT2D eigenvalue weighted by Gasteiger charge is 2.29. The summed E-state index contributed by atoms with van der Waals surface area (Å²) < 4.78 is 17.3. The minimum atomic E-state index is -0.553. The molecule has 0 unspecified atom stereocenters.